The van der Waals surface area contributed by atoms with Crippen molar-refractivity contribution in [1.82, 2.24) is 0 Å². The van der Waals surface area contributed by atoms with E-state index in [9.17, 15) is 4.79 Å². The lowest BCUT2D eigenvalue weighted by Crippen LogP contribution is -1.96. The summed E-state index contributed by atoms with van der Waals surface area (Å²) < 4.78 is 12.8. The Morgan fingerprint density at radius 2 is 1.73 bits per heavy atom. The van der Waals surface area contributed by atoms with E-state index in [2.05, 4.69) is 45.7 Å². The summed E-state index contributed by atoms with van der Waals surface area (Å²) in [5.74, 6) is 2.51. The van der Waals surface area contributed by atoms with Gasteiger partial charge >= 0.3 is 0 Å². The van der Waals surface area contributed by atoms with Crippen LogP contribution >= 0.6 is 31.9 Å². The number of hydrogen-bond acceptors (Lipinski definition) is 3. The highest BCUT2D eigenvalue weighted by atomic mass is 79.9. The minimum absolute atomic E-state index is 0.322. The van der Waals surface area contributed by atoms with E-state index in [-0.39, 0.29) is 0 Å². The van der Waals surface area contributed by atoms with E-state index < -0.39 is 0 Å². The molecule has 0 aliphatic rings. The molecule has 0 spiro atoms. The normalized spacial score (nSPS) is 10.6. The lowest BCUT2D eigenvalue weighted by molar-refractivity contribution is 0.112. The second-order valence-electron chi connectivity index (χ2n) is 5.09. The topological polar surface area (TPSA) is 35.5 Å². The third kappa shape index (κ3) is 3.70. The zero-order valence-corrected chi connectivity index (χ0v) is 15.7. The molecule has 0 fully saturated rings. The second-order valence-corrected chi connectivity index (χ2v) is 6.80. The Morgan fingerprint density at radius 3 is 2.23 bits per heavy atom. The molecule has 0 heterocycles. The first-order valence-electron chi connectivity index (χ1n) is 6.76. The van der Waals surface area contributed by atoms with Crippen LogP contribution in [0.25, 0.3) is 0 Å². The molecule has 0 radical (unpaired) electrons. The van der Waals surface area contributed by atoms with Gasteiger partial charge in [-0.25, -0.2) is 0 Å². The van der Waals surface area contributed by atoms with E-state index in [4.69, 9.17) is 9.47 Å². The lowest BCUT2D eigenvalue weighted by atomic mass is 10.0. The van der Waals surface area contributed by atoms with E-state index in [1.807, 2.05) is 18.2 Å². The first-order chi connectivity index (χ1) is 10.5. The maximum absolute atomic E-state index is 10.9. The van der Waals surface area contributed by atoms with Gasteiger partial charge in [-0.2, -0.15) is 0 Å². The van der Waals surface area contributed by atoms with Crippen molar-refractivity contribution in [2.24, 2.45) is 0 Å². The van der Waals surface area contributed by atoms with Crippen LogP contribution in [0, 0.1) is 0 Å². The number of hydrogen-bond donors (Lipinski definition) is 0. The Morgan fingerprint density at radius 1 is 1.09 bits per heavy atom. The molecule has 0 N–H and O–H groups in total. The molecule has 0 saturated carbocycles. The Labute approximate surface area is 146 Å². The van der Waals surface area contributed by atoms with Gasteiger partial charge in [-0.1, -0.05) is 13.8 Å². The van der Waals surface area contributed by atoms with Crippen LogP contribution in [0.2, 0.25) is 0 Å². The fraction of sp³-hybridized carbons (Fsp3) is 0.235. The summed E-state index contributed by atoms with van der Waals surface area (Å²) in [6.45, 7) is 4.21. The van der Waals surface area contributed by atoms with Gasteiger partial charge in [-0.3, -0.25) is 4.79 Å². The maximum atomic E-state index is 10.9. The Balaban J connectivity index is 2.39. The van der Waals surface area contributed by atoms with Crippen molar-refractivity contribution >= 4 is 38.1 Å². The summed E-state index contributed by atoms with van der Waals surface area (Å²) >= 11 is 6.87. The molecule has 0 amide bonds. The zero-order valence-electron chi connectivity index (χ0n) is 12.5. The predicted molar refractivity (Wildman–Crippen MR) is 94.4 cm³/mol. The summed E-state index contributed by atoms with van der Waals surface area (Å²) in [6, 6.07) is 9.17. The molecule has 0 bridgehead atoms. The number of ether oxygens (including phenoxy) is 2. The van der Waals surface area contributed by atoms with Crippen molar-refractivity contribution < 1.29 is 14.3 Å². The summed E-state index contributed by atoms with van der Waals surface area (Å²) in [5, 5.41) is 0. The Bertz CT molecular complexity index is 673. The van der Waals surface area contributed by atoms with E-state index in [1.165, 1.54) is 0 Å². The van der Waals surface area contributed by atoms with Gasteiger partial charge < -0.3 is 9.47 Å². The van der Waals surface area contributed by atoms with Crippen molar-refractivity contribution in [2.45, 2.75) is 19.8 Å². The maximum Gasteiger partial charge on any atom is 0.155 e. The molecular weight excluding hydrogens is 412 g/mol. The molecule has 22 heavy (non-hydrogen) atoms. The van der Waals surface area contributed by atoms with Crippen molar-refractivity contribution in [3.63, 3.8) is 0 Å². The fourth-order valence-electron chi connectivity index (χ4n) is 2.09. The highest BCUT2D eigenvalue weighted by Crippen LogP contribution is 2.39. The third-order valence-electron chi connectivity index (χ3n) is 3.20. The quantitative estimate of drug-likeness (QED) is 0.553. The number of halogens is 2. The molecule has 2 aromatic carbocycles. The van der Waals surface area contributed by atoms with Crippen molar-refractivity contribution in [3.8, 4) is 17.2 Å². The number of methoxy groups -OCH3 is 1. The van der Waals surface area contributed by atoms with Crippen molar-refractivity contribution in [1.29, 1.82) is 0 Å². The van der Waals surface area contributed by atoms with Gasteiger partial charge in [0, 0.05) is 11.1 Å². The van der Waals surface area contributed by atoms with Gasteiger partial charge in [0.25, 0.3) is 0 Å². The van der Waals surface area contributed by atoms with Gasteiger partial charge in [0.2, 0.25) is 0 Å². The summed E-state index contributed by atoms with van der Waals surface area (Å²) in [4.78, 5) is 10.9. The monoisotopic (exact) mass is 426 g/mol. The van der Waals surface area contributed by atoms with Crippen molar-refractivity contribution in [2.75, 3.05) is 7.11 Å². The summed E-state index contributed by atoms with van der Waals surface area (Å²) in [5.41, 5.74) is 1.65. The standard InChI is InChI=1S/C17H16Br2O3/c1-10(2)13-8-12(4-5-16(13)21-3)22-17-14(18)6-11(9-20)7-15(17)19/h4-10H,1-3H3. The SMILES string of the molecule is COc1ccc(Oc2c(Br)cc(C=O)cc2Br)cc1C(C)C. The molecule has 0 unspecified atom stereocenters. The van der Waals surface area contributed by atoms with Crippen molar-refractivity contribution in [3.05, 3.63) is 50.4 Å². The van der Waals surface area contributed by atoms with Crippen LogP contribution in [0.5, 0.6) is 17.2 Å². The van der Waals surface area contributed by atoms with Gasteiger partial charge in [0.1, 0.15) is 17.8 Å². The van der Waals surface area contributed by atoms with Crippen LogP contribution in [-0.4, -0.2) is 13.4 Å². The molecule has 3 nitrogen and oxygen atoms in total. The molecule has 2 aromatic rings. The average molecular weight is 428 g/mol. The summed E-state index contributed by atoms with van der Waals surface area (Å²) in [7, 11) is 1.66. The van der Waals surface area contributed by atoms with Crippen LogP contribution < -0.4 is 9.47 Å². The van der Waals surface area contributed by atoms with Crippen LogP contribution in [0.1, 0.15) is 35.7 Å². The molecule has 0 atom stereocenters. The minimum Gasteiger partial charge on any atom is -0.496 e. The predicted octanol–water partition coefficient (Wildman–Crippen LogP) is 5.95. The van der Waals surface area contributed by atoms with E-state index in [0.717, 1.165) is 17.6 Å². The van der Waals surface area contributed by atoms with Gasteiger partial charge in [-0.05, 0) is 68.1 Å². The van der Waals surface area contributed by atoms with Gasteiger partial charge in [-0.15, -0.1) is 0 Å². The lowest BCUT2D eigenvalue weighted by Gasteiger charge is -2.15. The fourth-order valence-corrected chi connectivity index (χ4v) is 3.47. The zero-order chi connectivity index (χ0) is 16.3. The first-order valence-corrected chi connectivity index (χ1v) is 8.35. The van der Waals surface area contributed by atoms with Crippen LogP contribution in [0.3, 0.4) is 0 Å². The van der Waals surface area contributed by atoms with E-state index in [1.54, 1.807) is 19.2 Å². The van der Waals surface area contributed by atoms with Crippen LogP contribution in [0.4, 0.5) is 0 Å². The number of aldehydes is 1. The molecule has 0 aromatic heterocycles. The van der Waals surface area contributed by atoms with E-state index >= 15 is 0 Å². The number of benzene rings is 2. The summed E-state index contributed by atoms with van der Waals surface area (Å²) in [6.07, 6.45) is 0.795. The number of carbonyl (C=O) groups is 1. The molecule has 2 rings (SSSR count). The highest BCUT2D eigenvalue weighted by Gasteiger charge is 2.13. The molecule has 5 heteroatoms. The average Bonchev–Trinajstić information content (AvgIpc) is 2.50. The molecular formula is C17H16Br2O3. The van der Waals surface area contributed by atoms with E-state index in [0.29, 0.717) is 31.9 Å². The molecule has 0 aliphatic heterocycles. The number of carbonyl (C=O) groups excluding carboxylic acids is 1. The third-order valence-corrected chi connectivity index (χ3v) is 4.38. The molecule has 0 saturated heterocycles. The largest absolute Gasteiger partial charge is 0.496 e. The Hall–Kier alpha value is -1.33. The van der Waals surface area contributed by atoms with Crippen LogP contribution in [-0.2, 0) is 0 Å². The second kappa shape index (κ2) is 7.29. The smallest absolute Gasteiger partial charge is 0.155 e. The minimum atomic E-state index is 0.322. The van der Waals surface area contributed by atoms with Gasteiger partial charge in [0.15, 0.2) is 5.75 Å². The Kier molecular flexibility index (Phi) is 5.64. The highest BCUT2D eigenvalue weighted by molar-refractivity contribution is 9.11. The van der Waals surface area contributed by atoms with Gasteiger partial charge in [0.05, 0.1) is 16.1 Å². The first kappa shape index (κ1) is 17.0. The molecule has 0 aliphatic carbocycles. The molecule has 116 valence electrons. The van der Waals surface area contributed by atoms with Crippen LogP contribution in [0.15, 0.2) is 39.3 Å². The number of rotatable bonds is 5.